The number of amides is 2. The number of para-hydroxylation sites is 1. The van der Waals surface area contributed by atoms with Gasteiger partial charge in [0.2, 0.25) is 0 Å². The number of nitrogens with zero attached hydrogens (tertiary/aromatic N) is 3. The summed E-state index contributed by atoms with van der Waals surface area (Å²) in [4.78, 5) is 30.3. The molecular formula is C24H32N4O3. The first-order chi connectivity index (χ1) is 15.0. The van der Waals surface area contributed by atoms with Gasteiger partial charge >= 0.3 is 0 Å². The molecule has 3 heterocycles. The maximum absolute atomic E-state index is 13.4. The Hall–Kier alpha value is -2.83. The summed E-state index contributed by atoms with van der Waals surface area (Å²) in [6.07, 6.45) is 6.55. The van der Waals surface area contributed by atoms with E-state index >= 15 is 0 Å². The standard InChI is InChI=1S/C24H32N4O3/c1-16-7-6-8-17(2)28(16)24(30)20-15-25-26-22(20)18-11-13-27(14-12-18)23(29)19-9-4-5-10-21(19)31-3/h4-5,9-10,15-18H,6-8,11-14H2,1-3H3,(H,25,26)/t16-,17+. The Balaban J connectivity index is 1.45. The van der Waals surface area contributed by atoms with Crippen molar-refractivity contribution in [2.75, 3.05) is 20.2 Å². The van der Waals surface area contributed by atoms with E-state index in [1.807, 2.05) is 28.0 Å². The Morgan fingerprint density at radius 2 is 1.68 bits per heavy atom. The monoisotopic (exact) mass is 424 g/mol. The van der Waals surface area contributed by atoms with Crippen LogP contribution < -0.4 is 4.74 Å². The van der Waals surface area contributed by atoms with Crippen molar-refractivity contribution in [1.29, 1.82) is 0 Å². The zero-order valence-corrected chi connectivity index (χ0v) is 18.6. The van der Waals surface area contributed by atoms with Crippen molar-refractivity contribution in [3.8, 4) is 5.75 Å². The van der Waals surface area contributed by atoms with Gasteiger partial charge in [-0.1, -0.05) is 12.1 Å². The number of H-pyrrole nitrogens is 1. The third-order valence-electron chi connectivity index (χ3n) is 6.86. The van der Waals surface area contributed by atoms with E-state index in [9.17, 15) is 9.59 Å². The summed E-state index contributed by atoms with van der Waals surface area (Å²) in [7, 11) is 1.58. The van der Waals surface area contributed by atoms with Crippen molar-refractivity contribution in [1.82, 2.24) is 20.0 Å². The lowest BCUT2D eigenvalue weighted by atomic mass is 9.89. The van der Waals surface area contributed by atoms with Crippen molar-refractivity contribution in [3.05, 3.63) is 47.3 Å². The first kappa shape index (κ1) is 21.4. The molecule has 31 heavy (non-hydrogen) atoms. The fraction of sp³-hybridized carbons (Fsp3) is 0.542. The molecular weight excluding hydrogens is 392 g/mol. The average molecular weight is 425 g/mol. The smallest absolute Gasteiger partial charge is 0.257 e. The molecule has 7 nitrogen and oxygen atoms in total. The quantitative estimate of drug-likeness (QED) is 0.809. The molecule has 0 spiro atoms. The second-order valence-corrected chi connectivity index (χ2v) is 8.81. The molecule has 2 amide bonds. The van der Waals surface area contributed by atoms with Crippen LogP contribution in [0.25, 0.3) is 0 Å². The summed E-state index contributed by atoms with van der Waals surface area (Å²) in [5.74, 6) is 0.864. The van der Waals surface area contributed by atoms with E-state index in [1.165, 1.54) is 6.42 Å². The van der Waals surface area contributed by atoms with E-state index in [4.69, 9.17) is 4.74 Å². The summed E-state index contributed by atoms with van der Waals surface area (Å²) in [5, 5.41) is 7.32. The van der Waals surface area contributed by atoms with Gasteiger partial charge in [0.1, 0.15) is 5.75 Å². The third-order valence-corrected chi connectivity index (χ3v) is 6.86. The molecule has 1 N–H and O–H groups in total. The summed E-state index contributed by atoms with van der Waals surface area (Å²) >= 11 is 0. The van der Waals surface area contributed by atoms with Crippen LogP contribution in [-0.2, 0) is 0 Å². The van der Waals surface area contributed by atoms with Gasteiger partial charge in [0, 0.05) is 31.1 Å². The number of rotatable bonds is 4. The molecule has 166 valence electrons. The minimum Gasteiger partial charge on any atom is -0.496 e. The molecule has 2 aliphatic heterocycles. The minimum absolute atomic E-state index is 0.00669. The van der Waals surface area contributed by atoms with Crippen LogP contribution in [0.2, 0.25) is 0 Å². The predicted molar refractivity (Wildman–Crippen MR) is 118 cm³/mol. The summed E-state index contributed by atoms with van der Waals surface area (Å²) in [5.41, 5.74) is 2.20. The van der Waals surface area contributed by atoms with Gasteiger partial charge in [-0.15, -0.1) is 0 Å². The Labute approximate surface area is 183 Å². The number of hydrogen-bond acceptors (Lipinski definition) is 4. The Bertz CT molecular complexity index is 922. The van der Waals surface area contributed by atoms with Crippen molar-refractivity contribution < 1.29 is 14.3 Å². The number of nitrogens with one attached hydrogen (secondary N) is 1. The van der Waals surface area contributed by atoms with Gasteiger partial charge in [-0.25, -0.2) is 0 Å². The van der Waals surface area contributed by atoms with Gasteiger partial charge in [0.05, 0.1) is 30.1 Å². The fourth-order valence-electron chi connectivity index (χ4n) is 5.10. The molecule has 2 fully saturated rings. The van der Waals surface area contributed by atoms with Gasteiger partial charge in [-0.2, -0.15) is 5.10 Å². The normalized spacial score (nSPS) is 22.4. The number of piperidine rings is 2. The lowest BCUT2D eigenvalue weighted by Crippen LogP contribution is -2.47. The van der Waals surface area contributed by atoms with E-state index in [2.05, 4.69) is 24.0 Å². The first-order valence-electron chi connectivity index (χ1n) is 11.3. The van der Waals surface area contributed by atoms with Crippen molar-refractivity contribution in [2.45, 2.75) is 64.0 Å². The van der Waals surface area contributed by atoms with Crippen molar-refractivity contribution >= 4 is 11.8 Å². The maximum atomic E-state index is 13.4. The number of hydrogen-bond donors (Lipinski definition) is 1. The predicted octanol–water partition coefficient (Wildman–Crippen LogP) is 3.84. The van der Waals surface area contributed by atoms with Crippen LogP contribution in [0.1, 0.15) is 78.3 Å². The molecule has 0 unspecified atom stereocenters. The van der Waals surface area contributed by atoms with E-state index in [0.29, 0.717) is 30.0 Å². The third kappa shape index (κ3) is 4.18. The fourth-order valence-corrected chi connectivity index (χ4v) is 5.10. The molecule has 0 saturated carbocycles. The molecule has 1 aromatic carbocycles. The Kier molecular flexibility index (Phi) is 6.30. The first-order valence-corrected chi connectivity index (χ1v) is 11.3. The second-order valence-electron chi connectivity index (χ2n) is 8.81. The Morgan fingerprint density at radius 3 is 2.35 bits per heavy atom. The van der Waals surface area contributed by atoms with Gasteiger partial charge in [0.25, 0.3) is 11.8 Å². The highest BCUT2D eigenvalue weighted by molar-refractivity contribution is 5.97. The molecule has 0 aliphatic carbocycles. The van der Waals surface area contributed by atoms with Gasteiger partial charge in [-0.05, 0) is 58.1 Å². The summed E-state index contributed by atoms with van der Waals surface area (Å²) < 4.78 is 5.35. The highest BCUT2D eigenvalue weighted by atomic mass is 16.5. The van der Waals surface area contributed by atoms with E-state index in [-0.39, 0.29) is 29.8 Å². The zero-order chi connectivity index (χ0) is 22.0. The van der Waals surface area contributed by atoms with Gasteiger partial charge < -0.3 is 14.5 Å². The van der Waals surface area contributed by atoms with E-state index in [0.717, 1.165) is 31.4 Å². The highest BCUT2D eigenvalue weighted by Crippen LogP contribution is 2.32. The lowest BCUT2D eigenvalue weighted by Gasteiger charge is -2.39. The van der Waals surface area contributed by atoms with Crippen LogP contribution in [0.3, 0.4) is 0 Å². The minimum atomic E-state index is -0.00669. The molecule has 0 bridgehead atoms. The molecule has 2 aromatic rings. The number of carbonyl (C=O) groups excluding carboxylic acids is 2. The molecule has 1 aromatic heterocycles. The Morgan fingerprint density at radius 1 is 1.00 bits per heavy atom. The molecule has 2 aliphatic rings. The van der Waals surface area contributed by atoms with E-state index < -0.39 is 0 Å². The maximum Gasteiger partial charge on any atom is 0.257 e. The number of likely N-dealkylation sites (tertiary alicyclic amines) is 2. The number of aromatic amines is 1. The topological polar surface area (TPSA) is 78.5 Å². The van der Waals surface area contributed by atoms with Crippen LogP contribution in [-0.4, -0.2) is 64.1 Å². The van der Waals surface area contributed by atoms with Crippen molar-refractivity contribution in [3.63, 3.8) is 0 Å². The highest BCUT2D eigenvalue weighted by Gasteiger charge is 2.34. The van der Waals surface area contributed by atoms with Gasteiger partial charge in [-0.3, -0.25) is 14.7 Å². The van der Waals surface area contributed by atoms with Crippen LogP contribution in [0.4, 0.5) is 0 Å². The molecule has 4 rings (SSSR count). The van der Waals surface area contributed by atoms with Crippen molar-refractivity contribution in [2.24, 2.45) is 0 Å². The van der Waals surface area contributed by atoms with Crippen LogP contribution >= 0.6 is 0 Å². The molecule has 0 radical (unpaired) electrons. The lowest BCUT2D eigenvalue weighted by molar-refractivity contribution is 0.0507. The van der Waals surface area contributed by atoms with Gasteiger partial charge in [0.15, 0.2) is 0 Å². The SMILES string of the molecule is COc1ccccc1C(=O)N1CCC(c2[nH]ncc2C(=O)N2[C@H](C)CCC[C@@H]2C)CC1. The molecule has 7 heteroatoms. The summed E-state index contributed by atoms with van der Waals surface area (Å²) in [6, 6.07) is 7.83. The molecule has 2 atom stereocenters. The number of aromatic nitrogens is 2. The van der Waals surface area contributed by atoms with Crippen LogP contribution in [0, 0.1) is 0 Å². The van der Waals surface area contributed by atoms with Crippen LogP contribution in [0.15, 0.2) is 30.5 Å². The van der Waals surface area contributed by atoms with E-state index in [1.54, 1.807) is 19.4 Å². The van der Waals surface area contributed by atoms with Crippen LogP contribution in [0.5, 0.6) is 5.75 Å². The average Bonchev–Trinajstić information content (AvgIpc) is 3.28. The number of carbonyl (C=O) groups is 2. The number of ether oxygens (including phenoxy) is 1. The number of benzene rings is 1. The zero-order valence-electron chi connectivity index (χ0n) is 18.6. The molecule has 2 saturated heterocycles. The number of methoxy groups -OCH3 is 1. The largest absolute Gasteiger partial charge is 0.496 e. The summed E-state index contributed by atoms with van der Waals surface area (Å²) in [6.45, 7) is 5.56. The second kappa shape index (κ2) is 9.12.